The van der Waals surface area contributed by atoms with Gasteiger partial charge in [0.15, 0.2) is 0 Å². The number of benzene rings is 2. The summed E-state index contributed by atoms with van der Waals surface area (Å²) in [5, 5.41) is 3.54. The van der Waals surface area contributed by atoms with Gasteiger partial charge >= 0.3 is 0 Å². The van der Waals surface area contributed by atoms with Crippen molar-refractivity contribution >= 4 is 5.69 Å². The van der Waals surface area contributed by atoms with Gasteiger partial charge in [-0.15, -0.1) is 0 Å². The van der Waals surface area contributed by atoms with E-state index in [0.29, 0.717) is 17.8 Å². The molecule has 0 heterocycles. The van der Waals surface area contributed by atoms with E-state index >= 15 is 0 Å². The maximum atomic E-state index is 3.54. The van der Waals surface area contributed by atoms with Crippen LogP contribution in [0.5, 0.6) is 0 Å². The van der Waals surface area contributed by atoms with E-state index < -0.39 is 0 Å². The van der Waals surface area contributed by atoms with Crippen molar-refractivity contribution in [3.8, 4) is 0 Å². The van der Waals surface area contributed by atoms with Crippen LogP contribution in [0.4, 0.5) is 5.69 Å². The van der Waals surface area contributed by atoms with Gasteiger partial charge < -0.3 is 5.32 Å². The van der Waals surface area contributed by atoms with Crippen molar-refractivity contribution in [1.82, 2.24) is 0 Å². The highest BCUT2D eigenvalue weighted by Crippen LogP contribution is 2.44. The highest BCUT2D eigenvalue weighted by atomic mass is 14.8. The number of hydrogen-bond donors (Lipinski definition) is 1. The monoisotopic (exact) mass is 445 g/mol. The van der Waals surface area contributed by atoms with E-state index in [1.54, 1.807) is 22.3 Å². The summed E-state index contributed by atoms with van der Waals surface area (Å²) in [6.07, 6.45) is 13.8. The Morgan fingerprint density at radius 3 is 1.64 bits per heavy atom. The van der Waals surface area contributed by atoms with E-state index in [4.69, 9.17) is 0 Å². The standard InChI is InChI=1S/C32H47N/c1-21(2)32(28-19-27(22(3)17-23(28)4)25-13-9-7-10-14-25)29-20-30(26-15-11-8-12-16-26)31(33-6)18-24(29)5/h17-21,25-26,32-33H,7-16H2,1-6H3. The van der Waals surface area contributed by atoms with Crippen molar-refractivity contribution in [2.75, 3.05) is 12.4 Å². The average Bonchev–Trinajstić information content (AvgIpc) is 2.82. The molecule has 0 saturated heterocycles. The van der Waals surface area contributed by atoms with Gasteiger partial charge in [-0.2, -0.15) is 0 Å². The second kappa shape index (κ2) is 10.7. The number of rotatable bonds is 6. The predicted octanol–water partition coefficient (Wildman–Crippen LogP) is 9.54. The quantitative estimate of drug-likeness (QED) is 0.466. The topological polar surface area (TPSA) is 12.0 Å². The van der Waals surface area contributed by atoms with Crippen molar-refractivity contribution in [3.63, 3.8) is 0 Å². The molecule has 2 fully saturated rings. The first-order valence-corrected chi connectivity index (χ1v) is 13.8. The van der Waals surface area contributed by atoms with E-state index in [1.165, 1.54) is 86.6 Å². The van der Waals surface area contributed by atoms with Gasteiger partial charge in [0.25, 0.3) is 0 Å². The Balaban J connectivity index is 1.80. The number of anilines is 1. The van der Waals surface area contributed by atoms with E-state index in [0.717, 1.165) is 5.92 Å². The van der Waals surface area contributed by atoms with Crippen LogP contribution in [0.2, 0.25) is 0 Å². The zero-order chi connectivity index (χ0) is 23.5. The normalized spacial score (nSPS) is 19.1. The molecule has 0 aliphatic heterocycles. The molecule has 2 aromatic rings. The van der Waals surface area contributed by atoms with Crippen molar-refractivity contribution in [2.45, 2.75) is 117 Å². The first-order chi connectivity index (χ1) is 15.9. The molecule has 1 unspecified atom stereocenters. The lowest BCUT2D eigenvalue weighted by atomic mass is 9.74. The minimum Gasteiger partial charge on any atom is -0.388 e. The van der Waals surface area contributed by atoms with Gasteiger partial charge in [0.05, 0.1) is 0 Å². The highest BCUT2D eigenvalue weighted by molar-refractivity contribution is 5.59. The summed E-state index contributed by atoms with van der Waals surface area (Å²) < 4.78 is 0. The van der Waals surface area contributed by atoms with E-state index in [2.05, 4.69) is 71.2 Å². The van der Waals surface area contributed by atoms with Crippen LogP contribution in [0.25, 0.3) is 0 Å². The molecule has 1 heteroatoms. The third-order valence-corrected chi connectivity index (χ3v) is 8.79. The van der Waals surface area contributed by atoms with Gasteiger partial charge in [-0.1, -0.05) is 70.6 Å². The molecule has 180 valence electrons. The largest absolute Gasteiger partial charge is 0.388 e. The minimum atomic E-state index is 0.459. The van der Waals surface area contributed by atoms with Crippen molar-refractivity contribution in [3.05, 3.63) is 63.2 Å². The van der Waals surface area contributed by atoms with Crippen LogP contribution in [0.3, 0.4) is 0 Å². The molecule has 0 spiro atoms. The number of aryl methyl sites for hydroxylation is 3. The summed E-state index contributed by atoms with van der Waals surface area (Å²) in [5.41, 5.74) is 12.1. The Bertz CT molecular complexity index is 941. The smallest absolute Gasteiger partial charge is 0.0375 e. The van der Waals surface area contributed by atoms with Crippen LogP contribution in [-0.4, -0.2) is 7.05 Å². The molecular formula is C32H47N. The highest BCUT2D eigenvalue weighted by Gasteiger charge is 2.27. The van der Waals surface area contributed by atoms with Gasteiger partial charge in [-0.05, 0) is 109 Å². The van der Waals surface area contributed by atoms with E-state index in [1.807, 2.05) is 0 Å². The van der Waals surface area contributed by atoms with Gasteiger partial charge in [0, 0.05) is 18.7 Å². The van der Waals surface area contributed by atoms with Crippen LogP contribution in [0, 0.1) is 26.7 Å². The van der Waals surface area contributed by atoms with Crippen molar-refractivity contribution < 1.29 is 0 Å². The van der Waals surface area contributed by atoms with Crippen LogP contribution in [-0.2, 0) is 0 Å². The Labute approximate surface area is 203 Å². The fraction of sp³-hybridized carbons (Fsp3) is 0.625. The maximum absolute atomic E-state index is 3.54. The summed E-state index contributed by atoms with van der Waals surface area (Å²) in [5.74, 6) is 2.51. The molecule has 0 aromatic heterocycles. The molecule has 2 saturated carbocycles. The fourth-order valence-corrected chi connectivity index (χ4v) is 7.01. The summed E-state index contributed by atoms with van der Waals surface area (Å²) in [4.78, 5) is 0. The van der Waals surface area contributed by atoms with Gasteiger partial charge in [-0.25, -0.2) is 0 Å². The van der Waals surface area contributed by atoms with Gasteiger partial charge in [0.1, 0.15) is 0 Å². The lowest BCUT2D eigenvalue weighted by Gasteiger charge is -2.31. The Hall–Kier alpha value is -1.76. The maximum Gasteiger partial charge on any atom is 0.0375 e. The average molecular weight is 446 g/mol. The predicted molar refractivity (Wildman–Crippen MR) is 145 cm³/mol. The molecule has 0 radical (unpaired) electrons. The SMILES string of the molecule is CNc1cc(C)c(C(c2cc(C3CCCCC3)c(C)cc2C)C(C)C)cc1C1CCCCC1. The van der Waals surface area contributed by atoms with Gasteiger partial charge in [-0.3, -0.25) is 0 Å². The summed E-state index contributed by atoms with van der Waals surface area (Å²) in [6, 6.07) is 10.2. The Kier molecular flexibility index (Phi) is 7.87. The lowest BCUT2D eigenvalue weighted by Crippen LogP contribution is -2.16. The molecule has 1 nitrogen and oxygen atoms in total. The van der Waals surface area contributed by atoms with Crippen LogP contribution < -0.4 is 5.32 Å². The Morgan fingerprint density at radius 2 is 1.12 bits per heavy atom. The molecule has 1 atom stereocenters. The second-order valence-corrected chi connectivity index (χ2v) is 11.5. The molecule has 2 aromatic carbocycles. The van der Waals surface area contributed by atoms with Crippen molar-refractivity contribution in [2.24, 2.45) is 5.92 Å². The number of nitrogens with one attached hydrogen (secondary N) is 1. The summed E-state index contributed by atoms with van der Waals surface area (Å²) in [6.45, 7) is 11.9. The first kappa shape index (κ1) is 24.4. The first-order valence-electron chi connectivity index (χ1n) is 13.8. The molecule has 2 aliphatic rings. The lowest BCUT2D eigenvalue weighted by molar-refractivity contribution is 0.441. The molecule has 2 aliphatic carbocycles. The van der Waals surface area contributed by atoms with Crippen LogP contribution in [0.1, 0.15) is 135 Å². The third kappa shape index (κ3) is 5.18. The van der Waals surface area contributed by atoms with Crippen molar-refractivity contribution in [1.29, 1.82) is 0 Å². The third-order valence-electron chi connectivity index (χ3n) is 8.79. The fourth-order valence-electron chi connectivity index (χ4n) is 7.01. The molecule has 0 bridgehead atoms. The zero-order valence-corrected chi connectivity index (χ0v) is 22.2. The molecule has 0 amide bonds. The Morgan fingerprint density at radius 1 is 0.636 bits per heavy atom. The van der Waals surface area contributed by atoms with Gasteiger partial charge in [0.2, 0.25) is 0 Å². The molecule has 1 N–H and O–H groups in total. The summed E-state index contributed by atoms with van der Waals surface area (Å²) in [7, 11) is 2.10. The van der Waals surface area contributed by atoms with Crippen LogP contribution >= 0.6 is 0 Å². The molecule has 4 rings (SSSR count). The second-order valence-electron chi connectivity index (χ2n) is 11.5. The molecule has 33 heavy (non-hydrogen) atoms. The zero-order valence-electron chi connectivity index (χ0n) is 22.2. The summed E-state index contributed by atoms with van der Waals surface area (Å²) >= 11 is 0. The molecular weight excluding hydrogens is 398 g/mol. The van der Waals surface area contributed by atoms with Crippen LogP contribution in [0.15, 0.2) is 24.3 Å². The van der Waals surface area contributed by atoms with E-state index in [-0.39, 0.29) is 0 Å². The minimum absolute atomic E-state index is 0.459. The van der Waals surface area contributed by atoms with E-state index in [9.17, 15) is 0 Å². The number of hydrogen-bond acceptors (Lipinski definition) is 1.